The predicted octanol–water partition coefficient (Wildman–Crippen LogP) is -14.1. The molecule has 20 heavy (non-hydrogen) atoms. The van der Waals surface area contributed by atoms with Crippen LogP contribution in [0.1, 0.15) is 0 Å². The van der Waals surface area contributed by atoms with E-state index in [4.69, 9.17) is 0 Å². The summed E-state index contributed by atoms with van der Waals surface area (Å²) in [6.45, 7) is 0. The minimum absolute atomic E-state index is 0. The normalized spacial score (nSPS) is 15.8. The van der Waals surface area contributed by atoms with Crippen LogP contribution in [0.4, 0.5) is 0 Å². The number of hydrogen-bond acceptors (Lipinski definition) is 12. The van der Waals surface area contributed by atoms with Gasteiger partial charge in [-0.1, -0.05) is 0 Å². The monoisotopic (exact) mass is 408 g/mol. The summed E-state index contributed by atoms with van der Waals surface area (Å²) in [5.41, 5.74) is 0. The van der Waals surface area contributed by atoms with Gasteiger partial charge in [-0.15, -0.1) is 0 Å². The molecule has 0 aliphatic heterocycles. The van der Waals surface area contributed by atoms with Gasteiger partial charge in [0.15, 0.2) is 0 Å². The van der Waals surface area contributed by atoms with Crippen molar-refractivity contribution in [1.82, 2.24) is 0 Å². The first-order valence-corrected chi connectivity index (χ1v) is 8.22. The Kier molecular flexibility index (Phi) is 25.6. The molecule has 0 aliphatic carbocycles. The molecule has 12 nitrogen and oxygen atoms in total. The average Bonchev–Trinajstić information content (AvgIpc) is 1.69. The van der Waals surface area contributed by atoms with Gasteiger partial charge in [-0.05, 0) is 0 Å². The molecule has 0 saturated carbocycles. The van der Waals surface area contributed by atoms with E-state index in [0.717, 1.165) is 0 Å². The summed E-state index contributed by atoms with van der Waals surface area (Å²) in [6.07, 6.45) is 0. The first-order chi connectivity index (χ1) is 6.83. The van der Waals surface area contributed by atoms with Gasteiger partial charge in [-0.3, -0.25) is 13.4 Å². The van der Waals surface area contributed by atoms with E-state index in [9.17, 15) is 42.4 Å². The summed E-state index contributed by atoms with van der Waals surface area (Å²) in [6, 6.07) is 0. The van der Waals surface area contributed by atoms with Gasteiger partial charge < -0.3 is 24.1 Å². The number of rotatable bonds is 6. The van der Waals surface area contributed by atoms with Gasteiger partial charge in [0.25, 0.3) is 15.6 Å². The summed E-state index contributed by atoms with van der Waals surface area (Å²) >= 11 is 0. The SMILES string of the molecule is O=P(=O)OP(=O)([O-])OP(=O)([O-])OP(=O)([O-])[O-].[Na+].[Na+].[Na+].[Na+]. The molecular weight excluding hydrogens is 408 g/mol. The summed E-state index contributed by atoms with van der Waals surface area (Å²) in [7, 11) is -22.1. The molecule has 0 bridgehead atoms. The quantitative estimate of drug-likeness (QED) is 0.297. The van der Waals surface area contributed by atoms with Crippen molar-refractivity contribution in [1.29, 1.82) is 0 Å². The van der Waals surface area contributed by atoms with Crippen molar-refractivity contribution >= 4 is 31.4 Å². The van der Waals surface area contributed by atoms with E-state index in [2.05, 4.69) is 12.9 Å². The molecule has 0 fully saturated rings. The van der Waals surface area contributed by atoms with E-state index in [-0.39, 0.29) is 118 Å². The molecule has 2 unspecified atom stereocenters. The Labute approximate surface area is 201 Å². The fraction of sp³-hybridized carbons (Fsp3) is 0. The van der Waals surface area contributed by atoms with Crippen molar-refractivity contribution < 1.29 is 174 Å². The van der Waals surface area contributed by atoms with Crippen molar-refractivity contribution in [2.75, 3.05) is 0 Å². The second kappa shape index (κ2) is 14.5. The maximum absolute atomic E-state index is 10.4. The first-order valence-electron chi connectivity index (χ1n) is 2.74. The van der Waals surface area contributed by atoms with Crippen LogP contribution < -0.4 is 138 Å². The number of phosphoric acid groups is 3. The molecule has 0 aromatic rings. The zero-order valence-electron chi connectivity index (χ0n) is 10.7. The van der Waals surface area contributed by atoms with Crippen molar-refractivity contribution in [2.24, 2.45) is 0 Å². The third-order valence-corrected chi connectivity index (χ3v) is 5.10. The Hall–Kier alpha value is 4.31. The van der Waals surface area contributed by atoms with E-state index in [1.165, 1.54) is 0 Å². The third-order valence-electron chi connectivity index (χ3n) is 0.567. The van der Waals surface area contributed by atoms with E-state index in [1.54, 1.807) is 0 Å². The van der Waals surface area contributed by atoms with Crippen LogP contribution in [0.3, 0.4) is 0 Å². The molecule has 0 heterocycles. The standard InChI is InChI=1S/4Na.H4O12P4/c;;;;1-13(2)10-15(6,7)12-16(8,9)11-14(3,4)5/h;;;;(H,6,7)(H,8,9)(H2,3,4,5)/q4*+1;/p-4. The van der Waals surface area contributed by atoms with E-state index >= 15 is 0 Å². The molecule has 0 rings (SSSR count). The topological polar surface area (TPSA) is 205 Å². The van der Waals surface area contributed by atoms with Gasteiger partial charge in [0.05, 0.1) is 7.82 Å². The Morgan fingerprint density at radius 1 is 0.700 bits per heavy atom. The molecule has 2 atom stereocenters. The molecule has 0 saturated heterocycles. The summed E-state index contributed by atoms with van der Waals surface area (Å²) < 4.78 is 58.7. The Morgan fingerprint density at radius 3 is 1.30 bits per heavy atom. The molecule has 0 N–H and O–H groups in total. The predicted molar refractivity (Wildman–Crippen MR) is 34.4 cm³/mol. The van der Waals surface area contributed by atoms with Crippen LogP contribution in [-0.2, 0) is 35.8 Å². The first kappa shape index (κ1) is 35.4. The Bertz CT molecular complexity index is 452. The molecule has 20 heteroatoms. The number of hydrogen-bond donors (Lipinski definition) is 0. The van der Waals surface area contributed by atoms with Crippen LogP contribution in [0.25, 0.3) is 0 Å². The van der Waals surface area contributed by atoms with E-state index in [1.807, 2.05) is 0 Å². The molecule has 96 valence electrons. The van der Waals surface area contributed by atoms with Crippen LogP contribution in [0.2, 0.25) is 0 Å². The summed E-state index contributed by atoms with van der Waals surface area (Å²) in [5.74, 6) is 0. The van der Waals surface area contributed by atoms with Gasteiger partial charge in [0, 0.05) is 0 Å². The molecule has 0 aromatic heterocycles. The van der Waals surface area contributed by atoms with Gasteiger partial charge in [0.1, 0.15) is 0 Å². The average molecular weight is 408 g/mol. The van der Waals surface area contributed by atoms with Crippen molar-refractivity contribution in [3.8, 4) is 0 Å². The van der Waals surface area contributed by atoms with Crippen LogP contribution in [0.15, 0.2) is 0 Å². The van der Waals surface area contributed by atoms with Gasteiger partial charge in [-0.2, -0.15) is 0 Å². The maximum Gasteiger partial charge on any atom is 1.00 e. The van der Waals surface area contributed by atoms with Crippen LogP contribution in [0, 0.1) is 0 Å². The van der Waals surface area contributed by atoms with Crippen molar-refractivity contribution in [3.63, 3.8) is 0 Å². The molecular formula is Na4O12P4. The molecule has 0 amide bonds. The van der Waals surface area contributed by atoms with E-state index < -0.39 is 31.4 Å². The van der Waals surface area contributed by atoms with E-state index in [0.29, 0.717) is 0 Å². The third kappa shape index (κ3) is 22.3. The fourth-order valence-electron chi connectivity index (χ4n) is 0.356. The fourth-order valence-corrected chi connectivity index (χ4v) is 3.74. The van der Waals surface area contributed by atoms with Gasteiger partial charge >= 0.3 is 126 Å². The van der Waals surface area contributed by atoms with Gasteiger partial charge in [0.2, 0.25) is 0 Å². The molecule has 0 aromatic carbocycles. The zero-order chi connectivity index (χ0) is 13.2. The largest absolute Gasteiger partial charge is 1.00 e. The van der Waals surface area contributed by atoms with Crippen LogP contribution in [-0.4, -0.2) is 0 Å². The maximum atomic E-state index is 10.4. The van der Waals surface area contributed by atoms with Crippen LogP contribution in [0.5, 0.6) is 0 Å². The van der Waals surface area contributed by atoms with Gasteiger partial charge in [-0.25, -0.2) is 17.8 Å². The molecule has 0 spiro atoms. The smallest absolute Gasteiger partial charge is 0.790 e. The minimum Gasteiger partial charge on any atom is -0.790 e. The summed E-state index contributed by atoms with van der Waals surface area (Å²) in [5, 5.41) is 0. The molecule has 0 aliphatic rings. The van der Waals surface area contributed by atoms with Crippen molar-refractivity contribution in [3.05, 3.63) is 0 Å². The molecule has 0 radical (unpaired) electrons. The van der Waals surface area contributed by atoms with Crippen molar-refractivity contribution in [2.45, 2.75) is 0 Å². The Balaban J connectivity index is -0.000000187. The zero-order valence-corrected chi connectivity index (χ0v) is 22.3. The Morgan fingerprint density at radius 2 is 1.05 bits per heavy atom. The second-order valence-corrected chi connectivity index (χ2v) is 6.90. The minimum atomic E-state index is -6.10. The second-order valence-electron chi connectivity index (χ2n) is 1.81. The van der Waals surface area contributed by atoms with Crippen LogP contribution >= 0.6 is 31.4 Å². The summed E-state index contributed by atoms with van der Waals surface area (Å²) in [4.78, 5) is 40.4.